The fourth-order valence-corrected chi connectivity index (χ4v) is 4.31. The van der Waals surface area contributed by atoms with Gasteiger partial charge in [-0.25, -0.2) is 8.42 Å². The van der Waals surface area contributed by atoms with Crippen LogP contribution in [0.25, 0.3) is 0 Å². The highest BCUT2D eigenvalue weighted by Crippen LogP contribution is 2.31. The molecule has 3 rings (SSSR count). The molecule has 0 aliphatic carbocycles. The van der Waals surface area contributed by atoms with Gasteiger partial charge in [-0.15, -0.1) is 0 Å². The number of carbonyl (C=O) groups is 1. The van der Waals surface area contributed by atoms with Gasteiger partial charge in [-0.2, -0.15) is 0 Å². The standard InChI is InChI=1S/C22H21BrN2O5S/c1-25(31(27,28)19-12-13-20(29-2)21(14-19)30-3)18-10-4-15(5-11-18)22(26)24-17-8-6-16(23)7-9-17/h4-14H,1-3H3,(H,24,26). The fourth-order valence-electron chi connectivity index (χ4n) is 2.83. The van der Waals surface area contributed by atoms with E-state index >= 15 is 0 Å². The van der Waals surface area contributed by atoms with Crippen molar-refractivity contribution in [1.82, 2.24) is 0 Å². The highest BCUT2D eigenvalue weighted by molar-refractivity contribution is 9.10. The zero-order valence-electron chi connectivity index (χ0n) is 17.1. The Labute approximate surface area is 189 Å². The first kappa shape index (κ1) is 22.6. The minimum absolute atomic E-state index is 0.0599. The van der Waals surface area contributed by atoms with Crippen LogP contribution in [0.5, 0.6) is 11.5 Å². The quantitative estimate of drug-likeness (QED) is 0.510. The number of hydrogen-bond donors (Lipinski definition) is 1. The Kier molecular flexibility index (Phi) is 6.87. The smallest absolute Gasteiger partial charge is 0.264 e. The van der Waals surface area contributed by atoms with Crippen LogP contribution >= 0.6 is 15.9 Å². The Morgan fingerprint density at radius 3 is 2.10 bits per heavy atom. The normalized spacial score (nSPS) is 11.0. The van der Waals surface area contributed by atoms with E-state index in [0.29, 0.717) is 28.4 Å². The van der Waals surface area contributed by atoms with Crippen molar-refractivity contribution in [3.05, 3.63) is 76.8 Å². The Bertz CT molecular complexity index is 1180. The first-order valence-corrected chi connectivity index (χ1v) is 11.4. The van der Waals surface area contributed by atoms with Crippen LogP contribution < -0.4 is 19.1 Å². The summed E-state index contributed by atoms with van der Waals surface area (Å²) in [6, 6.07) is 17.9. The predicted molar refractivity (Wildman–Crippen MR) is 124 cm³/mol. The largest absolute Gasteiger partial charge is 0.493 e. The van der Waals surface area contributed by atoms with Gasteiger partial charge in [0.15, 0.2) is 11.5 Å². The third kappa shape index (κ3) is 5.00. The van der Waals surface area contributed by atoms with Gasteiger partial charge in [0.05, 0.1) is 24.8 Å². The maximum atomic E-state index is 13.0. The van der Waals surface area contributed by atoms with Gasteiger partial charge in [0, 0.05) is 28.8 Å². The maximum Gasteiger partial charge on any atom is 0.264 e. The molecule has 0 aliphatic rings. The second kappa shape index (κ2) is 9.40. The number of carbonyl (C=O) groups excluding carboxylic acids is 1. The molecule has 0 aromatic heterocycles. The number of hydrogen-bond acceptors (Lipinski definition) is 5. The molecule has 0 atom stereocenters. The number of anilines is 2. The van der Waals surface area contributed by atoms with Gasteiger partial charge in [-0.1, -0.05) is 15.9 Å². The van der Waals surface area contributed by atoms with Crippen LogP contribution in [0, 0.1) is 0 Å². The van der Waals surface area contributed by atoms with Crippen molar-refractivity contribution >= 4 is 43.2 Å². The molecule has 0 unspecified atom stereocenters. The van der Waals surface area contributed by atoms with Crippen molar-refractivity contribution < 1.29 is 22.7 Å². The number of benzene rings is 3. The number of rotatable bonds is 7. The van der Waals surface area contributed by atoms with E-state index in [2.05, 4.69) is 21.2 Å². The summed E-state index contributed by atoms with van der Waals surface area (Å²) in [5.41, 5.74) is 1.48. The third-order valence-corrected chi connectivity index (χ3v) is 6.92. The zero-order valence-corrected chi connectivity index (χ0v) is 19.5. The van der Waals surface area contributed by atoms with E-state index in [1.54, 1.807) is 36.4 Å². The first-order valence-electron chi connectivity index (χ1n) is 9.14. The molecule has 0 heterocycles. The monoisotopic (exact) mass is 504 g/mol. The number of amides is 1. The lowest BCUT2D eigenvalue weighted by atomic mass is 10.2. The van der Waals surface area contributed by atoms with E-state index in [1.165, 1.54) is 39.5 Å². The van der Waals surface area contributed by atoms with E-state index < -0.39 is 10.0 Å². The number of methoxy groups -OCH3 is 2. The maximum absolute atomic E-state index is 13.0. The molecule has 0 bridgehead atoms. The zero-order chi connectivity index (χ0) is 22.6. The average Bonchev–Trinajstić information content (AvgIpc) is 2.79. The first-order chi connectivity index (χ1) is 14.8. The Hall–Kier alpha value is -3.04. The van der Waals surface area contributed by atoms with Crippen LogP contribution in [0.2, 0.25) is 0 Å². The number of halogens is 1. The van der Waals surface area contributed by atoms with Crippen molar-refractivity contribution in [2.45, 2.75) is 4.90 Å². The number of ether oxygens (including phenoxy) is 2. The molecule has 0 saturated carbocycles. The van der Waals surface area contributed by atoms with Crippen molar-refractivity contribution in [3.63, 3.8) is 0 Å². The fraction of sp³-hybridized carbons (Fsp3) is 0.136. The van der Waals surface area contributed by atoms with Crippen LogP contribution in [0.1, 0.15) is 10.4 Å². The summed E-state index contributed by atoms with van der Waals surface area (Å²) >= 11 is 3.35. The summed E-state index contributed by atoms with van der Waals surface area (Å²) in [5.74, 6) is 0.460. The topological polar surface area (TPSA) is 84.9 Å². The van der Waals surface area contributed by atoms with Crippen LogP contribution in [-0.2, 0) is 10.0 Å². The number of nitrogens with zero attached hydrogens (tertiary/aromatic N) is 1. The summed E-state index contributed by atoms with van der Waals surface area (Å²) < 4.78 is 38.5. The van der Waals surface area contributed by atoms with Gasteiger partial charge in [0.1, 0.15) is 0 Å². The molecule has 162 valence electrons. The van der Waals surface area contributed by atoms with Crippen molar-refractivity contribution in [2.75, 3.05) is 30.9 Å². The minimum Gasteiger partial charge on any atom is -0.493 e. The van der Waals surface area contributed by atoms with E-state index in [-0.39, 0.29) is 10.8 Å². The molecule has 0 saturated heterocycles. The van der Waals surface area contributed by atoms with Crippen LogP contribution in [0.4, 0.5) is 11.4 Å². The second-order valence-electron chi connectivity index (χ2n) is 6.50. The molecule has 3 aromatic carbocycles. The predicted octanol–water partition coefficient (Wildman–Crippen LogP) is 4.54. The van der Waals surface area contributed by atoms with Gasteiger partial charge in [-0.05, 0) is 60.7 Å². The molecule has 0 radical (unpaired) electrons. The molecule has 31 heavy (non-hydrogen) atoms. The van der Waals surface area contributed by atoms with Crippen LogP contribution in [-0.4, -0.2) is 35.6 Å². The van der Waals surface area contributed by atoms with Crippen LogP contribution in [0.3, 0.4) is 0 Å². The average molecular weight is 505 g/mol. The summed E-state index contributed by atoms with van der Waals surface area (Å²) in [7, 11) is 0.524. The Balaban J connectivity index is 1.79. The molecule has 1 N–H and O–H groups in total. The lowest BCUT2D eigenvalue weighted by Crippen LogP contribution is -2.26. The van der Waals surface area contributed by atoms with Gasteiger partial charge >= 0.3 is 0 Å². The van der Waals surface area contributed by atoms with Gasteiger partial charge in [0.25, 0.3) is 15.9 Å². The molecule has 0 spiro atoms. The molecule has 7 nitrogen and oxygen atoms in total. The van der Waals surface area contributed by atoms with Crippen molar-refractivity contribution in [2.24, 2.45) is 0 Å². The van der Waals surface area contributed by atoms with Crippen LogP contribution in [0.15, 0.2) is 76.1 Å². The minimum atomic E-state index is -3.84. The molecule has 1 amide bonds. The van der Waals surface area contributed by atoms with E-state index in [1.807, 2.05) is 12.1 Å². The molecular weight excluding hydrogens is 484 g/mol. The molecule has 0 fully saturated rings. The lowest BCUT2D eigenvalue weighted by Gasteiger charge is -2.20. The third-order valence-electron chi connectivity index (χ3n) is 4.61. The number of sulfonamides is 1. The van der Waals surface area contributed by atoms with Gasteiger partial charge in [-0.3, -0.25) is 9.10 Å². The summed E-state index contributed by atoms with van der Waals surface area (Å²) in [6.45, 7) is 0. The van der Waals surface area contributed by atoms with E-state index in [4.69, 9.17) is 9.47 Å². The molecule has 9 heteroatoms. The highest BCUT2D eigenvalue weighted by Gasteiger charge is 2.23. The Morgan fingerprint density at radius 2 is 1.52 bits per heavy atom. The molecule has 3 aromatic rings. The van der Waals surface area contributed by atoms with Gasteiger partial charge < -0.3 is 14.8 Å². The molecule has 0 aliphatic heterocycles. The van der Waals surface area contributed by atoms with Crippen molar-refractivity contribution in [3.8, 4) is 11.5 Å². The van der Waals surface area contributed by atoms with Crippen molar-refractivity contribution in [1.29, 1.82) is 0 Å². The molecular formula is C22H21BrN2O5S. The highest BCUT2D eigenvalue weighted by atomic mass is 79.9. The Morgan fingerprint density at radius 1 is 0.903 bits per heavy atom. The van der Waals surface area contributed by atoms with E-state index in [9.17, 15) is 13.2 Å². The number of nitrogens with one attached hydrogen (secondary N) is 1. The van der Waals surface area contributed by atoms with E-state index in [0.717, 1.165) is 8.78 Å². The SMILES string of the molecule is COc1ccc(S(=O)(=O)N(C)c2ccc(C(=O)Nc3ccc(Br)cc3)cc2)cc1OC. The second-order valence-corrected chi connectivity index (χ2v) is 9.38. The summed E-state index contributed by atoms with van der Waals surface area (Å²) in [6.07, 6.45) is 0. The lowest BCUT2D eigenvalue weighted by molar-refractivity contribution is 0.102. The summed E-state index contributed by atoms with van der Waals surface area (Å²) in [5, 5.41) is 2.80. The van der Waals surface area contributed by atoms with Gasteiger partial charge in [0.2, 0.25) is 0 Å². The summed E-state index contributed by atoms with van der Waals surface area (Å²) in [4.78, 5) is 12.5.